The van der Waals surface area contributed by atoms with Gasteiger partial charge >= 0.3 is 5.97 Å². The molecule has 6 rings (SSSR count). The number of methoxy groups -OCH3 is 1. The first-order chi connectivity index (χ1) is 17.1. The summed E-state index contributed by atoms with van der Waals surface area (Å²) < 4.78 is 5.07. The lowest BCUT2D eigenvalue weighted by molar-refractivity contribution is -0.160. The zero-order valence-electron chi connectivity index (χ0n) is 22.3. The van der Waals surface area contributed by atoms with Crippen LogP contribution in [0.15, 0.2) is 30.5 Å². The van der Waals surface area contributed by atoms with Gasteiger partial charge in [0.05, 0.1) is 12.5 Å². The monoisotopic (exact) mass is 491 g/mol. The van der Waals surface area contributed by atoms with Crippen LogP contribution in [0.25, 0.3) is 10.8 Å². The molecule has 6 nitrogen and oxygen atoms in total. The lowest BCUT2D eigenvalue weighted by atomic mass is 9.57. The Kier molecular flexibility index (Phi) is 6.50. The lowest BCUT2D eigenvalue weighted by Crippen LogP contribution is -2.58. The third-order valence-electron chi connectivity index (χ3n) is 9.53. The molecule has 1 amide bonds. The maximum absolute atomic E-state index is 13.3. The van der Waals surface area contributed by atoms with Crippen LogP contribution in [0.4, 0.5) is 5.82 Å². The van der Waals surface area contributed by atoms with Gasteiger partial charge in [-0.05, 0) is 99.1 Å². The summed E-state index contributed by atoms with van der Waals surface area (Å²) in [6.45, 7) is 7.05. The van der Waals surface area contributed by atoms with Gasteiger partial charge in [0.25, 0.3) is 5.91 Å². The van der Waals surface area contributed by atoms with E-state index in [9.17, 15) is 9.59 Å². The predicted octanol–water partition coefficient (Wildman–Crippen LogP) is 6.25. The van der Waals surface area contributed by atoms with Gasteiger partial charge < -0.3 is 15.4 Å². The summed E-state index contributed by atoms with van der Waals surface area (Å²) in [6.07, 6.45) is 11.6. The highest BCUT2D eigenvalue weighted by Crippen LogP contribution is 2.53. The molecule has 6 heteroatoms. The van der Waals surface area contributed by atoms with Crippen LogP contribution in [0.5, 0.6) is 0 Å². The van der Waals surface area contributed by atoms with Crippen LogP contribution < -0.4 is 10.6 Å². The largest absolute Gasteiger partial charge is 0.469 e. The Hall–Kier alpha value is -2.63. The molecule has 2 bridgehead atoms. The quantitative estimate of drug-likeness (QED) is 0.484. The third-order valence-corrected chi connectivity index (χ3v) is 9.53. The number of carbonyl (C=O) groups is 2. The molecule has 2 N–H and O–H groups in total. The van der Waals surface area contributed by atoms with E-state index in [1.165, 1.54) is 32.8 Å². The molecular weight excluding hydrogens is 450 g/mol. The Morgan fingerprint density at radius 2 is 1.61 bits per heavy atom. The zero-order chi connectivity index (χ0) is 25.6. The van der Waals surface area contributed by atoms with Crippen molar-refractivity contribution in [1.29, 1.82) is 0 Å². The van der Waals surface area contributed by atoms with Crippen LogP contribution >= 0.6 is 0 Å². The van der Waals surface area contributed by atoms with Crippen LogP contribution in [0.1, 0.15) is 95.3 Å². The molecule has 36 heavy (non-hydrogen) atoms. The van der Waals surface area contributed by atoms with Gasteiger partial charge in [-0.15, -0.1) is 0 Å². The molecule has 0 radical (unpaired) electrons. The minimum Gasteiger partial charge on any atom is -0.469 e. The number of carbonyl (C=O) groups excluding carboxylic acids is 2. The fraction of sp³-hybridized carbons (Fsp3) is 0.633. The summed E-state index contributed by atoms with van der Waals surface area (Å²) in [6, 6.07) is 8.38. The highest BCUT2D eigenvalue weighted by atomic mass is 16.5. The van der Waals surface area contributed by atoms with Gasteiger partial charge in [-0.25, -0.2) is 4.98 Å². The summed E-state index contributed by atoms with van der Waals surface area (Å²) in [5, 5.41) is 9.06. The first-order valence-corrected chi connectivity index (χ1v) is 13.7. The number of rotatable bonds is 5. The number of esters is 1. The van der Waals surface area contributed by atoms with Gasteiger partial charge in [-0.2, -0.15) is 0 Å². The summed E-state index contributed by atoms with van der Waals surface area (Å²) >= 11 is 0. The lowest BCUT2D eigenvalue weighted by Gasteiger charge is -2.52. The molecule has 0 aliphatic heterocycles. The second-order valence-electron chi connectivity index (χ2n) is 12.7. The van der Waals surface area contributed by atoms with E-state index >= 15 is 0 Å². The average molecular weight is 492 g/mol. The van der Waals surface area contributed by atoms with Gasteiger partial charge in [0, 0.05) is 28.7 Å². The number of fused-ring (bicyclic) bond motifs is 4. The fourth-order valence-corrected chi connectivity index (χ4v) is 6.88. The summed E-state index contributed by atoms with van der Waals surface area (Å²) in [4.78, 5) is 30.2. The minimum absolute atomic E-state index is 0.0313. The van der Waals surface area contributed by atoms with E-state index < -0.39 is 0 Å². The minimum atomic E-state index is -0.341. The molecule has 194 valence electrons. The van der Waals surface area contributed by atoms with Crippen molar-refractivity contribution in [3.63, 3.8) is 0 Å². The molecule has 0 spiro atoms. The zero-order valence-corrected chi connectivity index (χ0v) is 22.3. The Labute approximate surface area is 215 Å². The number of aromatic nitrogens is 1. The molecule has 1 aromatic heterocycles. The normalized spacial score (nSPS) is 30.1. The van der Waals surface area contributed by atoms with Crippen molar-refractivity contribution in [3.05, 3.63) is 36.0 Å². The molecule has 4 fully saturated rings. The number of anilines is 1. The van der Waals surface area contributed by atoms with Gasteiger partial charge in [0.15, 0.2) is 0 Å². The molecule has 4 aliphatic carbocycles. The van der Waals surface area contributed by atoms with Gasteiger partial charge in [0.2, 0.25) is 0 Å². The van der Waals surface area contributed by atoms with E-state index in [0.717, 1.165) is 61.0 Å². The number of benzene rings is 1. The first kappa shape index (κ1) is 25.0. The number of ether oxygens (including phenoxy) is 1. The standard InChI is InChI=1S/C30H41N3O3/c1-28(2,3)23-7-9-24(10-8-23)32-25-18-22-17-20(5-6-21(22)19-31-25)26(34)33-30-14-11-29(12-15-30,13-16-30)27(35)36-4/h5-6,17-19,23-24H,7-16H2,1-4H3,(H,31,32)(H,33,34)/t23-,24-,29?,30?. The van der Waals surface area contributed by atoms with Gasteiger partial charge in [0.1, 0.15) is 5.82 Å². The Bertz CT molecular complexity index is 1120. The molecule has 4 saturated carbocycles. The Balaban J connectivity index is 1.24. The van der Waals surface area contributed by atoms with Crippen LogP contribution in [0.3, 0.4) is 0 Å². The maximum atomic E-state index is 13.3. The topological polar surface area (TPSA) is 80.3 Å². The van der Waals surface area contributed by atoms with Crippen LogP contribution in [0, 0.1) is 16.7 Å². The molecule has 0 saturated heterocycles. The number of pyridine rings is 1. The number of hydrogen-bond donors (Lipinski definition) is 2. The van der Waals surface area contributed by atoms with E-state index in [4.69, 9.17) is 4.74 Å². The van der Waals surface area contributed by atoms with Gasteiger partial charge in [-0.3, -0.25) is 9.59 Å². The van der Waals surface area contributed by atoms with Crippen molar-refractivity contribution < 1.29 is 14.3 Å². The maximum Gasteiger partial charge on any atom is 0.311 e. The average Bonchev–Trinajstić information content (AvgIpc) is 2.88. The Morgan fingerprint density at radius 3 is 2.22 bits per heavy atom. The van der Waals surface area contributed by atoms with Crippen LogP contribution in [-0.2, 0) is 9.53 Å². The van der Waals surface area contributed by atoms with E-state index in [2.05, 4.69) is 42.5 Å². The number of hydrogen-bond acceptors (Lipinski definition) is 5. The first-order valence-electron chi connectivity index (χ1n) is 13.7. The molecule has 4 aliphatic rings. The summed E-state index contributed by atoms with van der Waals surface area (Å²) in [5.41, 5.74) is 0.503. The van der Waals surface area contributed by atoms with E-state index in [1.807, 2.05) is 24.4 Å². The smallest absolute Gasteiger partial charge is 0.311 e. The molecule has 1 heterocycles. The molecule has 0 unspecified atom stereocenters. The fourth-order valence-electron chi connectivity index (χ4n) is 6.88. The Morgan fingerprint density at radius 1 is 0.944 bits per heavy atom. The third kappa shape index (κ3) is 4.83. The van der Waals surface area contributed by atoms with Crippen molar-refractivity contribution in [3.8, 4) is 0 Å². The number of nitrogens with zero attached hydrogens (tertiary/aromatic N) is 1. The predicted molar refractivity (Wildman–Crippen MR) is 143 cm³/mol. The van der Waals surface area contributed by atoms with E-state index in [1.54, 1.807) is 0 Å². The van der Waals surface area contributed by atoms with Crippen molar-refractivity contribution >= 4 is 28.5 Å². The van der Waals surface area contributed by atoms with E-state index in [-0.39, 0.29) is 22.8 Å². The molecular formula is C30H41N3O3. The van der Waals surface area contributed by atoms with Crippen molar-refractivity contribution in [2.45, 2.75) is 96.6 Å². The second kappa shape index (κ2) is 9.35. The van der Waals surface area contributed by atoms with Gasteiger partial charge in [-0.1, -0.05) is 26.8 Å². The van der Waals surface area contributed by atoms with Crippen LogP contribution in [0.2, 0.25) is 0 Å². The molecule has 0 atom stereocenters. The van der Waals surface area contributed by atoms with E-state index in [0.29, 0.717) is 17.0 Å². The number of amides is 1. The van der Waals surface area contributed by atoms with Crippen molar-refractivity contribution in [2.24, 2.45) is 16.7 Å². The SMILES string of the molecule is COC(=O)C12CCC(NC(=O)c3ccc4cnc(N[C@H]5CC[C@H](C(C)(C)C)CC5)cc4c3)(CC1)CC2. The molecule has 1 aromatic carbocycles. The summed E-state index contributed by atoms with van der Waals surface area (Å²) in [5.74, 6) is 1.55. The van der Waals surface area contributed by atoms with Crippen LogP contribution in [-0.4, -0.2) is 35.6 Å². The highest BCUT2D eigenvalue weighted by Gasteiger charge is 2.53. The highest BCUT2D eigenvalue weighted by molar-refractivity contribution is 5.99. The summed E-state index contributed by atoms with van der Waals surface area (Å²) in [7, 11) is 1.48. The molecule has 2 aromatic rings. The van der Waals surface area contributed by atoms with Crippen molar-refractivity contribution in [1.82, 2.24) is 10.3 Å². The van der Waals surface area contributed by atoms with Crippen molar-refractivity contribution in [2.75, 3.05) is 12.4 Å². The number of nitrogens with one attached hydrogen (secondary N) is 2. The second-order valence-corrected chi connectivity index (χ2v) is 12.7.